The van der Waals surface area contributed by atoms with Crippen molar-refractivity contribution in [2.75, 3.05) is 25.5 Å². The monoisotopic (exact) mass is 1180 g/mol. The fourth-order valence-electron chi connectivity index (χ4n) is 10.5. The first-order chi connectivity index (χ1) is 40.5. The third-order valence-electron chi connectivity index (χ3n) is 15.8. The van der Waals surface area contributed by atoms with Crippen LogP contribution in [-0.2, 0) is 74.5 Å². The van der Waals surface area contributed by atoms with Crippen LogP contribution in [-0.4, -0.2) is 108 Å². The molecule has 1 heterocycles. The number of carboxylic acid groups (broad SMARTS) is 1. The maximum Gasteiger partial charge on any atom is 0.331 e. The number of carboxylic acids is 1. The van der Waals surface area contributed by atoms with Gasteiger partial charge in [-0.3, -0.25) is 33.6 Å². The Balaban J connectivity index is 1.18. The molecular weight excluding hydrogens is 1090 g/mol. The second-order valence-corrected chi connectivity index (χ2v) is 24.6. The third-order valence-corrected chi connectivity index (χ3v) is 15.8. The van der Waals surface area contributed by atoms with Gasteiger partial charge in [0.15, 0.2) is 5.78 Å². The maximum atomic E-state index is 14.3. The lowest BCUT2D eigenvalue weighted by atomic mass is 9.76. The summed E-state index contributed by atoms with van der Waals surface area (Å²) >= 11 is 0. The van der Waals surface area contributed by atoms with Gasteiger partial charge in [0, 0.05) is 67.3 Å². The molecule has 6 amide bonds. The van der Waals surface area contributed by atoms with Crippen molar-refractivity contribution in [3.63, 3.8) is 0 Å². The number of benzene rings is 4. The van der Waals surface area contributed by atoms with E-state index < -0.39 is 70.7 Å². The number of carbonyl (C=O) groups is 9. The minimum absolute atomic E-state index is 0.0542. The van der Waals surface area contributed by atoms with E-state index in [1.807, 2.05) is 123 Å². The number of nitrogens with one attached hydrogen (secondary N) is 4. The number of aliphatic carboxylic acids is 1. The zero-order valence-electron chi connectivity index (χ0n) is 51.9. The number of ether oxygens (including phenoxy) is 1. The van der Waals surface area contributed by atoms with Crippen molar-refractivity contribution in [3.8, 4) is 11.8 Å². The van der Waals surface area contributed by atoms with E-state index in [-0.39, 0.29) is 99.0 Å². The summed E-state index contributed by atoms with van der Waals surface area (Å²) in [5.41, 5.74) is 9.58. The summed E-state index contributed by atoms with van der Waals surface area (Å²) in [5, 5.41) is 21.1. The van der Waals surface area contributed by atoms with E-state index in [0.717, 1.165) is 16.7 Å². The van der Waals surface area contributed by atoms with Crippen LogP contribution in [0.15, 0.2) is 109 Å². The maximum absolute atomic E-state index is 14.3. The van der Waals surface area contributed by atoms with Crippen LogP contribution >= 0.6 is 0 Å². The van der Waals surface area contributed by atoms with Gasteiger partial charge < -0.3 is 46.6 Å². The lowest BCUT2D eigenvalue weighted by Gasteiger charge is -2.40. The molecule has 4 aromatic rings. The van der Waals surface area contributed by atoms with Gasteiger partial charge in [0.2, 0.25) is 23.6 Å². The zero-order chi connectivity index (χ0) is 63.6. The van der Waals surface area contributed by atoms with Crippen molar-refractivity contribution >= 4 is 58.9 Å². The van der Waals surface area contributed by atoms with Gasteiger partial charge in [-0.25, -0.2) is 9.59 Å². The molecule has 5 rings (SSSR count). The molecule has 0 bridgehead atoms. The van der Waals surface area contributed by atoms with Crippen molar-refractivity contribution in [2.24, 2.45) is 28.9 Å². The molecule has 4 aromatic carbocycles. The van der Waals surface area contributed by atoms with Gasteiger partial charge in [0.05, 0.1) is 36.8 Å². The van der Waals surface area contributed by atoms with E-state index in [4.69, 9.17) is 10.5 Å². The molecule has 5 atom stereocenters. The Labute approximate surface area is 506 Å². The number of ketones is 2. The van der Waals surface area contributed by atoms with Gasteiger partial charge in [-0.05, 0) is 90.1 Å². The topological polar surface area (TPSA) is 264 Å². The molecule has 0 aromatic heterocycles. The summed E-state index contributed by atoms with van der Waals surface area (Å²) in [6.07, 6.45) is 1.62. The molecule has 7 N–H and O–H groups in total. The normalized spacial score (nSPS) is 14.1. The molecule has 0 radical (unpaired) electrons. The lowest BCUT2D eigenvalue weighted by Crippen LogP contribution is -2.61. The van der Waals surface area contributed by atoms with Crippen LogP contribution in [0.25, 0.3) is 0 Å². The average molecular weight is 1180 g/mol. The highest BCUT2D eigenvalue weighted by Crippen LogP contribution is 2.31. The molecule has 0 saturated heterocycles. The highest BCUT2D eigenvalue weighted by molar-refractivity contribution is 5.98. The van der Waals surface area contributed by atoms with Gasteiger partial charge in [-0.1, -0.05) is 159 Å². The number of hydrogen-bond donors (Lipinski definition) is 6. The van der Waals surface area contributed by atoms with Crippen molar-refractivity contribution in [2.45, 2.75) is 157 Å². The molecular formula is C68H87N7O11. The summed E-state index contributed by atoms with van der Waals surface area (Å²) < 4.78 is 5.69. The van der Waals surface area contributed by atoms with Gasteiger partial charge in [-0.15, -0.1) is 0 Å². The lowest BCUT2D eigenvalue weighted by molar-refractivity contribution is -0.144. The van der Waals surface area contributed by atoms with Crippen LogP contribution in [0, 0.1) is 35.0 Å². The second kappa shape index (κ2) is 31.1. The summed E-state index contributed by atoms with van der Waals surface area (Å²) in [6, 6.07) is 25.3. The molecule has 1 aliphatic heterocycles. The number of primary amides is 1. The van der Waals surface area contributed by atoms with Crippen LogP contribution in [0.4, 0.5) is 10.5 Å². The molecule has 0 fully saturated rings. The van der Waals surface area contributed by atoms with E-state index >= 15 is 0 Å². The number of fused-ring (bicyclic) bond motifs is 2. The fraction of sp³-hybridized carbons (Fsp3) is 0.456. The molecule has 1 unspecified atom stereocenters. The number of hydrogen-bond acceptors (Lipinski definition) is 11. The molecule has 460 valence electrons. The van der Waals surface area contributed by atoms with Gasteiger partial charge in [0.25, 0.3) is 0 Å². The second-order valence-electron chi connectivity index (χ2n) is 24.6. The number of nitrogens with zero attached hydrogens (tertiary/aromatic N) is 2. The van der Waals surface area contributed by atoms with E-state index in [1.54, 1.807) is 61.5 Å². The first-order valence-corrected chi connectivity index (χ1v) is 29.4. The van der Waals surface area contributed by atoms with Crippen molar-refractivity contribution in [1.29, 1.82) is 0 Å². The van der Waals surface area contributed by atoms with E-state index in [0.29, 0.717) is 34.4 Å². The summed E-state index contributed by atoms with van der Waals surface area (Å²) in [4.78, 5) is 124. The predicted octanol–water partition coefficient (Wildman–Crippen LogP) is 7.89. The minimum Gasteiger partial charge on any atom is -0.478 e. The molecule has 0 saturated carbocycles. The number of carbonyl (C=O) groups excluding carboxylic acids is 8. The summed E-state index contributed by atoms with van der Waals surface area (Å²) in [5.74, 6) is 1.53. The van der Waals surface area contributed by atoms with E-state index in [9.17, 15) is 48.3 Å². The van der Waals surface area contributed by atoms with Crippen LogP contribution < -0.4 is 31.9 Å². The van der Waals surface area contributed by atoms with Crippen LogP contribution in [0.5, 0.6) is 0 Å². The standard InChI is InChI=1S/C68H87N7O11/c1-42(2)53(39-52(76)32-33-58(78)75-40-50-22-14-13-20-48(50)30-31-49-21-15-16-25-55(49)75)62(80)72-54(24-18-34-71-66(69)85)57(77)37-45-26-28-46(29-27-45)41-86-59(79)38-47-19-17-23-51(36-47)68(9,10)60(70-11)63(81)73-61(67(6,7)8)64(82)74(12)56(43(3)4)35-44(5)65(83)84/h13-17,19-23,25-29,35-36,42-43,53-54,56,60-61,70H,18,24,32-34,37-41H2,1-12H3,(H,72,80)(H,73,81)(H,83,84)(H3,69,71,85)/b44-35+/t53-,54-,56+,60?,61+/m0/s1. The summed E-state index contributed by atoms with van der Waals surface area (Å²) in [6.45, 7) is 18.7. The number of nitrogens with two attached hydrogens (primary N) is 1. The number of rotatable bonds is 29. The Hall–Kier alpha value is -8.43. The van der Waals surface area contributed by atoms with Crippen molar-refractivity contribution in [1.82, 2.24) is 26.2 Å². The number of amides is 6. The average Bonchev–Trinajstić information content (AvgIpc) is 3.59. The highest BCUT2D eigenvalue weighted by atomic mass is 16.5. The van der Waals surface area contributed by atoms with Crippen molar-refractivity contribution in [3.05, 3.63) is 148 Å². The Morgan fingerprint density at radius 2 is 1.40 bits per heavy atom. The SMILES string of the molecule is CNC(C(=O)N[C@H](C(=O)N(C)[C@H](/C=C(\C)C(=O)O)C(C)C)C(C)(C)C)C(C)(C)c1cccc(CC(=O)OCc2ccc(CC(=O)[C@H](CCCNC(N)=O)NC(=O)[C@@H](CC(=O)CCC(=O)N3Cc4ccccc4C#Cc4ccccc43)C(C)C)cc2)c1. The Morgan fingerprint density at radius 3 is 2.02 bits per heavy atom. The van der Waals surface area contributed by atoms with Gasteiger partial charge in [-0.2, -0.15) is 0 Å². The largest absolute Gasteiger partial charge is 0.478 e. The van der Waals surface area contributed by atoms with E-state index in [1.165, 1.54) is 11.8 Å². The van der Waals surface area contributed by atoms with Crippen LogP contribution in [0.1, 0.15) is 140 Å². The first kappa shape index (κ1) is 68.4. The zero-order valence-corrected chi connectivity index (χ0v) is 51.9. The van der Waals surface area contributed by atoms with E-state index in [2.05, 4.69) is 33.1 Å². The first-order valence-electron chi connectivity index (χ1n) is 29.4. The minimum atomic E-state index is -1.08. The number of Topliss-reactive ketones (excluding diaryl/α,β-unsaturated/α-hetero) is 2. The van der Waals surface area contributed by atoms with Crippen LogP contribution in [0.3, 0.4) is 0 Å². The molecule has 0 spiro atoms. The van der Waals surface area contributed by atoms with Crippen molar-refractivity contribution < 1.29 is 53.0 Å². The summed E-state index contributed by atoms with van der Waals surface area (Å²) in [7, 11) is 3.27. The number of urea groups is 1. The molecule has 1 aliphatic rings. The predicted molar refractivity (Wildman–Crippen MR) is 331 cm³/mol. The number of anilines is 1. The van der Waals surface area contributed by atoms with Gasteiger partial charge in [0.1, 0.15) is 18.4 Å². The Kier molecular flexibility index (Phi) is 24.7. The molecule has 86 heavy (non-hydrogen) atoms. The number of para-hydroxylation sites is 1. The third kappa shape index (κ3) is 19.3. The quantitative estimate of drug-likeness (QED) is 0.0131. The fourth-order valence-corrected chi connectivity index (χ4v) is 10.5. The Bertz CT molecular complexity index is 3200. The Morgan fingerprint density at radius 1 is 0.756 bits per heavy atom. The molecule has 18 nitrogen and oxygen atoms in total. The van der Waals surface area contributed by atoms with Crippen LogP contribution in [0.2, 0.25) is 0 Å². The molecule has 18 heteroatoms. The number of esters is 1. The number of likely N-dealkylation sites (N-methyl/N-ethyl adjacent to an activating group) is 2. The van der Waals surface area contributed by atoms with Gasteiger partial charge >= 0.3 is 18.0 Å². The highest BCUT2D eigenvalue weighted by Gasteiger charge is 2.42. The molecule has 0 aliphatic carbocycles. The smallest absolute Gasteiger partial charge is 0.331 e.